The van der Waals surface area contributed by atoms with E-state index in [0.29, 0.717) is 11.6 Å². The summed E-state index contributed by atoms with van der Waals surface area (Å²) in [4.78, 5) is 12.0. The molecule has 1 heterocycles. The Hall–Kier alpha value is -1.71. The Kier molecular flexibility index (Phi) is 2.02. The van der Waals surface area contributed by atoms with Crippen molar-refractivity contribution in [1.29, 1.82) is 0 Å². The van der Waals surface area contributed by atoms with E-state index in [-0.39, 0.29) is 17.6 Å². The molecule has 0 saturated heterocycles. The molecule has 1 aliphatic carbocycles. The molecule has 1 fully saturated rings. The number of hydrogen-bond acceptors (Lipinski definition) is 2. The summed E-state index contributed by atoms with van der Waals surface area (Å²) in [5.74, 6) is 0.110. The Bertz CT molecular complexity index is 451. The predicted octanol–water partition coefficient (Wildman–Crippen LogP) is 2.18. The van der Waals surface area contributed by atoms with E-state index in [2.05, 4.69) is 5.10 Å². The van der Waals surface area contributed by atoms with Crippen LogP contribution < -0.4 is 5.01 Å². The van der Waals surface area contributed by atoms with Crippen LogP contribution in [0, 0.1) is 17.7 Å². The van der Waals surface area contributed by atoms with Gasteiger partial charge in [0.15, 0.2) is 0 Å². The minimum atomic E-state index is -0.307. The van der Waals surface area contributed by atoms with Crippen molar-refractivity contribution in [3.05, 3.63) is 30.1 Å². The van der Waals surface area contributed by atoms with Crippen LogP contribution >= 0.6 is 0 Å². The first kappa shape index (κ1) is 9.51. The summed E-state index contributed by atoms with van der Waals surface area (Å²) in [6.07, 6.45) is 3.93. The SMILES string of the molecule is O=C1C(C2CC2)C=NN1c1ccc(F)cc1. The highest BCUT2D eigenvalue weighted by Crippen LogP contribution is 2.39. The molecule has 1 saturated carbocycles. The third-order valence-electron chi connectivity index (χ3n) is 3.04. The molecule has 1 aromatic rings. The second-order valence-corrected chi connectivity index (χ2v) is 4.25. The van der Waals surface area contributed by atoms with Gasteiger partial charge >= 0.3 is 0 Å². The zero-order valence-electron chi connectivity index (χ0n) is 8.64. The molecule has 3 rings (SSSR count). The van der Waals surface area contributed by atoms with Gasteiger partial charge in [-0.3, -0.25) is 4.79 Å². The number of amides is 1. The van der Waals surface area contributed by atoms with Crippen LogP contribution in [0.15, 0.2) is 29.4 Å². The van der Waals surface area contributed by atoms with Crippen molar-refractivity contribution in [3.63, 3.8) is 0 Å². The van der Waals surface area contributed by atoms with Gasteiger partial charge in [-0.15, -0.1) is 0 Å². The predicted molar refractivity (Wildman–Crippen MR) is 58.6 cm³/mol. The lowest BCUT2D eigenvalue weighted by molar-refractivity contribution is -0.120. The van der Waals surface area contributed by atoms with Gasteiger partial charge in [0.05, 0.1) is 11.6 Å². The zero-order chi connectivity index (χ0) is 11.1. The van der Waals surface area contributed by atoms with Crippen molar-refractivity contribution in [2.45, 2.75) is 12.8 Å². The van der Waals surface area contributed by atoms with E-state index < -0.39 is 0 Å². The number of anilines is 1. The Morgan fingerprint density at radius 2 is 1.94 bits per heavy atom. The normalized spacial score (nSPS) is 24.2. The van der Waals surface area contributed by atoms with Crippen molar-refractivity contribution >= 4 is 17.8 Å². The van der Waals surface area contributed by atoms with E-state index in [1.165, 1.54) is 17.1 Å². The van der Waals surface area contributed by atoms with Gasteiger partial charge in [-0.25, -0.2) is 9.40 Å². The maximum absolute atomic E-state index is 12.7. The molecule has 3 nitrogen and oxygen atoms in total. The van der Waals surface area contributed by atoms with E-state index in [4.69, 9.17) is 0 Å². The molecule has 82 valence electrons. The van der Waals surface area contributed by atoms with Crippen LogP contribution in [-0.4, -0.2) is 12.1 Å². The molecule has 1 unspecified atom stereocenters. The first-order chi connectivity index (χ1) is 7.75. The van der Waals surface area contributed by atoms with Gasteiger partial charge in [0, 0.05) is 6.21 Å². The molecule has 0 radical (unpaired) electrons. The fourth-order valence-corrected chi connectivity index (χ4v) is 1.96. The Balaban J connectivity index is 1.84. The van der Waals surface area contributed by atoms with E-state index in [9.17, 15) is 9.18 Å². The topological polar surface area (TPSA) is 32.7 Å². The summed E-state index contributed by atoms with van der Waals surface area (Å²) in [5, 5.41) is 5.46. The van der Waals surface area contributed by atoms with Gasteiger partial charge in [-0.2, -0.15) is 5.10 Å². The lowest BCUT2D eigenvalue weighted by atomic mass is 10.1. The van der Waals surface area contributed by atoms with E-state index >= 15 is 0 Å². The van der Waals surface area contributed by atoms with Crippen molar-refractivity contribution in [2.75, 3.05) is 5.01 Å². The minimum Gasteiger partial charge on any atom is -0.272 e. The molecule has 1 amide bonds. The summed E-state index contributed by atoms with van der Waals surface area (Å²) in [6, 6.07) is 5.81. The van der Waals surface area contributed by atoms with Crippen molar-refractivity contribution in [2.24, 2.45) is 16.9 Å². The van der Waals surface area contributed by atoms with Gasteiger partial charge in [0.25, 0.3) is 5.91 Å². The molecule has 1 aromatic carbocycles. The largest absolute Gasteiger partial charge is 0.272 e. The Labute approximate surface area is 92.6 Å². The molecular formula is C12H11FN2O. The lowest BCUT2D eigenvalue weighted by Crippen LogP contribution is -2.26. The van der Waals surface area contributed by atoms with E-state index in [1.807, 2.05) is 0 Å². The maximum atomic E-state index is 12.7. The van der Waals surface area contributed by atoms with Crippen molar-refractivity contribution in [1.82, 2.24) is 0 Å². The number of carbonyl (C=O) groups is 1. The highest BCUT2D eigenvalue weighted by molar-refractivity contribution is 6.08. The molecular weight excluding hydrogens is 207 g/mol. The monoisotopic (exact) mass is 218 g/mol. The molecule has 1 atom stereocenters. The molecule has 0 bridgehead atoms. The quantitative estimate of drug-likeness (QED) is 0.748. The van der Waals surface area contributed by atoms with Crippen LogP contribution in [0.1, 0.15) is 12.8 Å². The number of hydrazone groups is 1. The molecule has 0 spiro atoms. The van der Waals surface area contributed by atoms with Gasteiger partial charge in [-0.1, -0.05) is 0 Å². The minimum absolute atomic E-state index is 0.00843. The summed E-state index contributed by atoms with van der Waals surface area (Å²) >= 11 is 0. The van der Waals surface area contributed by atoms with Crippen LogP contribution in [0.3, 0.4) is 0 Å². The summed E-state index contributed by atoms with van der Waals surface area (Å²) in [6.45, 7) is 0. The Morgan fingerprint density at radius 3 is 2.56 bits per heavy atom. The number of nitrogens with zero attached hydrogens (tertiary/aromatic N) is 2. The standard InChI is InChI=1S/C12H11FN2O/c13-9-3-5-10(6-4-9)15-12(16)11(7-14-15)8-1-2-8/h3-8,11H,1-2H2. The molecule has 4 heteroatoms. The molecule has 16 heavy (non-hydrogen) atoms. The average molecular weight is 218 g/mol. The second-order valence-electron chi connectivity index (χ2n) is 4.25. The molecule has 1 aliphatic heterocycles. The highest BCUT2D eigenvalue weighted by Gasteiger charge is 2.40. The number of rotatable bonds is 2. The summed E-state index contributed by atoms with van der Waals surface area (Å²) in [5.41, 5.74) is 0.630. The smallest absolute Gasteiger partial charge is 0.256 e. The van der Waals surface area contributed by atoms with Crippen LogP contribution in [0.5, 0.6) is 0 Å². The van der Waals surface area contributed by atoms with E-state index in [1.54, 1.807) is 18.3 Å². The van der Waals surface area contributed by atoms with Crippen molar-refractivity contribution in [3.8, 4) is 0 Å². The summed E-state index contributed by atoms with van der Waals surface area (Å²) < 4.78 is 12.7. The van der Waals surface area contributed by atoms with Gasteiger partial charge in [-0.05, 0) is 43.0 Å². The maximum Gasteiger partial charge on any atom is 0.256 e. The number of halogens is 1. The third kappa shape index (κ3) is 1.50. The number of benzene rings is 1. The van der Waals surface area contributed by atoms with Crippen LogP contribution in [0.2, 0.25) is 0 Å². The fraction of sp³-hybridized carbons (Fsp3) is 0.333. The molecule has 2 aliphatic rings. The van der Waals surface area contributed by atoms with Crippen LogP contribution in [0.25, 0.3) is 0 Å². The first-order valence-corrected chi connectivity index (χ1v) is 5.39. The number of carbonyl (C=O) groups excluding carboxylic acids is 1. The third-order valence-corrected chi connectivity index (χ3v) is 3.04. The van der Waals surface area contributed by atoms with Gasteiger partial charge in [0.2, 0.25) is 0 Å². The molecule has 0 aromatic heterocycles. The zero-order valence-corrected chi connectivity index (χ0v) is 8.64. The van der Waals surface area contributed by atoms with Gasteiger partial charge < -0.3 is 0 Å². The average Bonchev–Trinajstić information content (AvgIpc) is 3.05. The first-order valence-electron chi connectivity index (χ1n) is 5.39. The lowest BCUT2D eigenvalue weighted by Gasteiger charge is -2.13. The highest BCUT2D eigenvalue weighted by atomic mass is 19.1. The van der Waals surface area contributed by atoms with Crippen molar-refractivity contribution < 1.29 is 9.18 Å². The fourth-order valence-electron chi connectivity index (χ4n) is 1.96. The second kappa shape index (κ2) is 3.40. The van der Waals surface area contributed by atoms with E-state index in [0.717, 1.165) is 12.8 Å². The van der Waals surface area contributed by atoms with Crippen LogP contribution in [-0.2, 0) is 4.79 Å². The van der Waals surface area contributed by atoms with Crippen LogP contribution in [0.4, 0.5) is 10.1 Å². The number of hydrogen-bond donors (Lipinski definition) is 0. The summed E-state index contributed by atoms with van der Waals surface area (Å²) in [7, 11) is 0. The molecule has 0 N–H and O–H groups in total. The Morgan fingerprint density at radius 1 is 1.25 bits per heavy atom. The van der Waals surface area contributed by atoms with Gasteiger partial charge in [0.1, 0.15) is 5.82 Å².